The molecule has 1 aromatic rings. The highest BCUT2D eigenvalue weighted by molar-refractivity contribution is 7.89. The molecule has 0 bridgehead atoms. The van der Waals surface area contributed by atoms with E-state index in [1.54, 1.807) is 6.92 Å². The predicted molar refractivity (Wildman–Crippen MR) is 87.6 cm³/mol. The highest BCUT2D eigenvalue weighted by atomic mass is 32.2. The van der Waals surface area contributed by atoms with Crippen LogP contribution in [0.2, 0.25) is 0 Å². The van der Waals surface area contributed by atoms with Crippen molar-refractivity contribution in [2.45, 2.75) is 30.7 Å². The van der Waals surface area contributed by atoms with Crippen LogP contribution in [0, 0.1) is 17.0 Å². The topological polar surface area (TPSA) is 127 Å². The Bertz CT molecular complexity index is 842. The molecule has 0 atom stereocenters. The Morgan fingerprint density at radius 3 is 2.29 bits per heavy atom. The molecule has 0 aromatic heterocycles. The summed E-state index contributed by atoms with van der Waals surface area (Å²) in [5.74, 6) is 0. The Morgan fingerprint density at radius 2 is 1.79 bits per heavy atom. The first-order valence-electron chi connectivity index (χ1n) is 7.23. The third-order valence-electron chi connectivity index (χ3n) is 3.92. The first-order chi connectivity index (χ1) is 11.0. The van der Waals surface area contributed by atoms with Gasteiger partial charge >= 0.3 is 0 Å². The fraction of sp³-hybridized carbons (Fsp3) is 0.538. The van der Waals surface area contributed by atoms with Gasteiger partial charge in [0.2, 0.25) is 20.0 Å². The van der Waals surface area contributed by atoms with Gasteiger partial charge in [0.05, 0.1) is 16.1 Å². The number of sulfonamides is 2. The SMILES string of the molecule is Cc1ccc([N+](=O)[O-])cc1S(=O)(=O)NC1CCN(S(C)(=O)=O)CC1. The molecular weight excluding hydrogens is 358 g/mol. The van der Waals surface area contributed by atoms with Gasteiger partial charge in [0.1, 0.15) is 0 Å². The van der Waals surface area contributed by atoms with Gasteiger partial charge in [0.25, 0.3) is 5.69 Å². The van der Waals surface area contributed by atoms with Gasteiger partial charge in [0, 0.05) is 31.3 Å². The lowest BCUT2D eigenvalue weighted by molar-refractivity contribution is -0.385. The molecule has 134 valence electrons. The van der Waals surface area contributed by atoms with Crippen LogP contribution in [0.15, 0.2) is 23.1 Å². The maximum atomic E-state index is 12.5. The molecule has 2 rings (SSSR count). The van der Waals surface area contributed by atoms with E-state index in [4.69, 9.17) is 0 Å². The number of nitro groups is 1. The zero-order valence-corrected chi connectivity index (χ0v) is 14.9. The fourth-order valence-electron chi connectivity index (χ4n) is 2.58. The molecule has 9 nitrogen and oxygen atoms in total. The monoisotopic (exact) mass is 377 g/mol. The minimum absolute atomic E-state index is 0.137. The third-order valence-corrected chi connectivity index (χ3v) is 6.88. The number of nitrogens with zero attached hydrogens (tertiary/aromatic N) is 2. The summed E-state index contributed by atoms with van der Waals surface area (Å²) < 4.78 is 51.8. The van der Waals surface area contributed by atoms with Crippen molar-refractivity contribution in [3.63, 3.8) is 0 Å². The molecule has 0 amide bonds. The second kappa shape index (κ2) is 6.75. The number of non-ortho nitro benzene ring substituents is 1. The zero-order valence-electron chi connectivity index (χ0n) is 13.3. The van der Waals surface area contributed by atoms with Crippen LogP contribution < -0.4 is 4.72 Å². The Kier molecular flexibility index (Phi) is 5.28. The molecular formula is C13H19N3O6S2. The molecule has 1 aliphatic heterocycles. The van der Waals surface area contributed by atoms with Crippen LogP contribution in [0.5, 0.6) is 0 Å². The van der Waals surface area contributed by atoms with Crippen LogP contribution >= 0.6 is 0 Å². The maximum absolute atomic E-state index is 12.5. The first-order valence-corrected chi connectivity index (χ1v) is 10.6. The molecule has 1 saturated heterocycles. The minimum atomic E-state index is -3.92. The summed E-state index contributed by atoms with van der Waals surface area (Å²) in [6.45, 7) is 2.03. The second-order valence-corrected chi connectivity index (χ2v) is 9.43. The number of aryl methyl sites for hydroxylation is 1. The number of rotatable bonds is 5. The van der Waals surface area contributed by atoms with E-state index < -0.39 is 31.0 Å². The molecule has 1 heterocycles. The third kappa shape index (κ3) is 4.29. The zero-order chi connectivity index (χ0) is 18.1. The molecule has 24 heavy (non-hydrogen) atoms. The van der Waals surface area contributed by atoms with E-state index in [0.29, 0.717) is 18.4 Å². The van der Waals surface area contributed by atoms with Gasteiger partial charge in [-0.15, -0.1) is 0 Å². The largest absolute Gasteiger partial charge is 0.270 e. The average molecular weight is 377 g/mol. The van der Waals surface area contributed by atoms with Crippen molar-refractivity contribution in [1.82, 2.24) is 9.03 Å². The van der Waals surface area contributed by atoms with Gasteiger partial charge in [0.15, 0.2) is 0 Å². The summed E-state index contributed by atoms with van der Waals surface area (Å²) in [7, 11) is -7.21. The van der Waals surface area contributed by atoms with Gasteiger partial charge in [-0.25, -0.2) is 25.9 Å². The van der Waals surface area contributed by atoms with Crippen molar-refractivity contribution in [2.75, 3.05) is 19.3 Å². The smallest absolute Gasteiger partial charge is 0.258 e. The molecule has 0 saturated carbocycles. The number of nitrogens with one attached hydrogen (secondary N) is 1. The first kappa shape index (κ1) is 18.8. The van der Waals surface area contributed by atoms with E-state index >= 15 is 0 Å². The lowest BCUT2D eigenvalue weighted by atomic mass is 10.1. The van der Waals surface area contributed by atoms with Gasteiger partial charge in [-0.3, -0.25) is 10.1 Å². The van der Waals surface area contributed by atoms with Crippen molar-refractivity contribution in [1.29, 1.82) is 0 Å². The van der Waals surface area contributed by atoms with Crippen LogP contribution in [0.3, 0.4) is 0 Å². The van der Waals surface area contributed by atoms with E-state index in [-0.39, 0.29) is 23.7 Å². The predicted octanol–water partition coefficient (Wildman–Crippen LogP) is 0.606. The summed E-state index contributed by atoms with van der Waals surface area (Å²) in [5.41, 5.74) is 0.106. The van der Waals surface area contributed by atoms with Crippen molar-refractivity contribution in [3.8, 4) is 0 Å². The molecule has 0 unspecified atom stereocenters. The van der Waals surface area contributed by atoms with Crippen LogP contribution in [0.4, 0.5) is 5.69 Å². The summed E-state index contributed by atoms with van der Waals surface area (Å²) in [6.07, 6.45) is 1.81. The van der Waals surface area contributed by atoms with Crippen LogP contribution in [0.1, 0.15) is 18.4 Å². The molecule has 0 spiro atoms. The number of piperidine rings is 1. The Balaban J connectivity index is 2.16. The number of benzene rings is 1. The van der Waals surface area contributed by atoms with Gasteiger partial charge in [-0.1, -0.05) is 6.07 Å². The number of hydrogen-bond donors (Lipinski definition) is 1. The molecule has 0 radical (unpaired) electrons. The fourth-order valence-corrected chi connectivity index (χ4v) is 5.02. The van der Waals surface area contributed by atoms with Gasteiger partial charge in [-0.05, 0) is 25.3 Å². The second-order valence-electron chi connectivity index (χ2n) is 5.76. The average Bonchev–Trinajstić information content (AvgIpc) is 2.46. The molecule has 1 aliphatic rings. The molecule has 11 heteroatoms. The standard InChI is InChI=1S/C13H19N3O6S2/c1-10-3-4-12(16(17)18)9-13(10)24(21,22)14-11-5-7-15(8-6-11)23(2,19)20/h3-4,9,11,14H,5-8H2,1-2H3. The lowest BCUT2D eigenvalue weighted by Crippen LogP contribution is -2.46. The quantitative estimate of drug-likeness (QED) is 0.591. The number of nitro benzene ring substituents is 1. The van der Waals surface area contributed by atoms with Crippen LogP contribution in [-0.4, -0.2) is 51.5 Å². The highest BCUT2D eigenvalue weighted by Crippen LogP contribution is 2.23. The van der Waals surface area contributed by atoms with E-state index in [0.717, 1.165) is 12.3 Å². The van der Waals surface area contributed by atoms with Crippen LogP contribution in [-0.2, 0) is 20.0 Å². The van der Waals surface area contributed by atoms with Crippen molar-refractivity contribution >= 4 is 25.7 Å². The van der Waals surface area contributed by atoms with Crippen molar-refractivity contribution < 1.29 is 21.8 Å². The van der Waals surface area contributed by atoms with E-state index in [9.17, 15) is 26.9 Å². The summed E-state index contributed by atoms with van der Waals surface area (Å²) in [5, 5.41) is 10.8. The Morgan fingerprint density at radius 1 is 1.21 bits per heavy atom. The summed E-state index contributed by atoms with van der Waals surface area (Å²) >= 11 is 0. The maximum Gasteiger partial charge on any atom is 0.270 e. The lowest BCUT2D eigenvalue weighted by Gasteiger charge is -2.30. The minimum Gasteiger partial charge on any atom is -0.258 e. The summed E-state index contributed by atoms with van der Waals surface area (Å²) in [4.78, 5) is 10.1. The summed E-state index contributed by atoms with van der Waals surface area (Å²) in [6, 6.07) is 3.26. The highest BCUT2D eigenvalue weighted by Gasteiger charge is 2.29. The molecule has 0 aliphatic carbocycles. The Hall–Kier alpha value is -1.56. The van der Waals surface area contributed by atoms with Gasteiger partial charge < -0.3 is 0 Å². The van der Waals surface area contributed by atoms with Gasteiger partial charge in [-0.2, -0.15) is 0 Å². The Labute approximate surface area is 140 Å². The van der Waals surface area contributed by atoms with Crippen LogP contribution in [0.25, 0.3) is 0 Å². The van der Waals surface area contributed by atoms with E-state index in [1.165, 1.54) is 16.4 Å². The molecule has 1 N–H and O–H groups in total. The number of hydrogen-bond acceptors (Lipinski definition) is 6. The van der Waals surface area contributed by atoms with Crippen molar-refractivity contribution in [2.24, 2.45) is 0 Å². The molecule has 1 aromatic carbocycles. The normalized spacial score (nSPS) is 17.8. The van der Waals surface area contributed by atoms with Crippen molar-refractivity contribution in [3.05, 3.63) is 33.9 Å². The molecule has 1 fully saturated rings. The van der Waals surface area contributed by atoms with E-state index in [1.807, 2.05) is 0 Å². The van der Waals surface area contributed by atoms with E-state index in [2.05, 4.69) is 4.72 Å².